The van der Waals surface area contributed by atoms with E-state index < -0.39 is 18.2 Å². The molecule has 0 bridgehead atoms. The van der Waals surface area contributed by atoms with E-state index in [1.54, 1.807) is 24.3 Å². The first-order valence-electron chi connectivity index (χ1n) is 10.4. The predicted octanol–water partition coefficient (Wildman–Crippen LogP) is 3.06. The van der Waals surface area contributed by atoms with Crippen LogP contribution in [0.1, 0.15) is 69.9 Å². The molecular formula is C24H25NO7. The molecule has 0 aliphatic heterocycles. The normalized spacial score (nSPS) is 12.2. The van der Waals surface area contributed by atoms with Gasteiger partial charge in [-0.05, 0) is 36.6 Å². The number of furan rings is 1. The fourth-order valence-electron chi connectivity index (χ4n) is 3.38. The highest BCUT2D eigenvalue weighted by molar-refractivity contribution is 6.18. The van der Waals surface area contributed by atoms with Crippen molar-refractivity contribution < 1.29 is 33.1 Å². The number of carbonyl (C=O) groups is 4. The molecule has 0 spiro atoms. The average Bonchev–Trinajstić information content (AvgIpc) is 3.24. The summed E-state index contributed by atoms with van der Waals surface area (Å²) < 4.78 is 15.4. The Labute approximate surface area is 185 Å². The number of hydrogen-bond donors (Lipinski definition) is 1. The van der Waals surface area contributed by atoms with Gasteiger partial charge in [0, 0.05) is 17.5 Å². The number of esters is 2. The molecule has 8 heteroatoms. The van der Waals surface area contributed by atoms with Gasteiger partial charge in [-0.1, -0.05) is 37.3 Å². The van der Waals surface area contributed by atoms with E-state index in [2.05, 4.69) is 6.58 Å². The van der Waals surface area contributed by atoms with E-state index in [0.29, 0.717) is 35.2 Å². The second kappa shape index (κ2) is 10.7. The van der Waals surface area contributed by atoms with E-state index in [4.69, 9.17) is 19.6 Å². The zero-order valence-corrected chi connectivity index (χ0v) is 17.7. The summed E-state index contributed by atoms with van der Waals surface area (Å²) >= 11 is 0. The molecule has 1 aliphatic carbocycles. The monoisotopic (exact) mass is 439 g/mol. The van der Waals surface area contributed by atoms with Crippen molar-refractivity contribution in [3.8, 4) is 0 Å². The first-order valence-corrected chi connectivity index (χ1v) is 10.4. The third-order valence-corrected chi connectivity index (χ3v) is 5.03. The summed E-state index contributed by atoms with van der Waals surface area (Å²) in [7, 11) is 0. The van der Waals surface area contributed by atoms with Crippen LogP contribution in [-0.2, 0) is 19.1 Å². The number of Topliss-reactive ketones (excluding diaryl/α,β-unsaturated/α-hetero) is 1. The average molecular weight is 439 g/mol. The van der Waals surface area contributed by atoms with Crippen LogP contribution in [0.5, 0.6) is 0 Å². The largest absolute Gasteiger partial charge is 0.462 e. The lowest BCUT2D eigenvalue weighted by Gasteiger charge is -2.15. The van der Waals surface area contributed by atoms with E-state index in [1.807, 2.05) is 0 Å². The minimum absolute atomic E-state index is 0.0313. The fraction of sp³-hybridized carbons (Fsp3) is 0.333. The number of benzene rings is 1. The number of ether oxygens (including phenoxy) is 2. The first kappa shape index (κ1) is 23.1. The van der Waals surface area contributed by atoms with Gasteiger partial charge in [-0.25, -0.2) is 0 Å². The Kier molecular flexibility index (Phi) is 7.72. The molecule has 0 fully saturated rings. The Hall–Kier alpha value is -3.52. The van der Waals surface area contributed by atoms with Crippen LogP contribution in [0.25, 0.3) is 5.57 Å². The third kappa shape index (κ3) is 5.39. The predicted molar refractivity (Wildman–Crippen MR) is 115 cm³/mol. The maximum absolute atomic E-state index is 12.7. The number of fused-ring (bicyclic) bond motifs is 2. The number of unbranched alkanes of at least 4 members (excludes halogenated alkanes) is 2. The van der Waals surface area contributed by atoms with Gasteiger partial charge in [-0.2, -0.15) is 0 Å². The van der Waals surface area contributed by atoms with E-state index in [0.717, 1.165) is 12.8 Å². The first-order chi connectivity index (χ1) is 15.4. The number of hydrogen-bond acceptors (Lipinski definition) is 8. The molecule has 0 radical (unpaired) electrons. The highest BCUT2D eigenvalue weighted by Gasteiger charge is 2.31. The minimum Gasteiger partial charge on any atom is -0.462 e. The second-order valence-electron chi connectivity index (χ2n) is 7.35. The summed E-state index contributed by atoms with van der Waals surface area (Å²) in [6.07, 6.45) is 2.12. The van der Waals surface area contributed by atoms with Gasteiger partial charge in [0.25, 0.3) is 0 Å². The summed E-state index contributed by atoms with van der Waals surface area (Å²) in [6, 6.07) is 8.40. The minimum atomic E-state index is -0.781. The van der Waals surface area contributed by atoms with E-state index in [9.17, 15) is 19.2 Å². The molecule has 168 valence electrons. The topological polar surface area (TPSA) is 126 Å². The van der Waals surface area contributed by atoms with Crippen molar-refractivity contribution in [2.45, 2.75) is 32.1 Å². The molecule has 32 heavy (non-hydrogen) atoms. The Morgan fingerprint density at radius 3 is 2.34 bits per heavy atom. The maximum atomic E-state index is 12.7. The van der Waals surface area contributed by atoms with Crippen LogP contribution in [-0.4, -0.2) is 43.3 Å². The number of rotatable bonds is 11. The molecule has 1 aromatic carbocycles. The molecule has 1 heterocycles. The molecule has 0 amide bonds. The Morgan fingerprint density at radius 1 is 0.938 bits per heavy atom. The Balaban J connectivity index is 1.48. The van der Waals surface area contributed by atoms with Crippen molar-refractivity contribution in [3.05, 3.63) is 65.1 Å². The molecule has 0 saturated carbocycles. The van der Waals surface area contributed by atoms with Gasteiger partial charge in [0.2, 0.25) is 11.6 Å². The van der Waals surface area contributed by atoms with Gasteiger partial charge in [-0.3, -0.25) is 19.2 Å². The van der Waals surface area contributed by atoms with Crippen LogP contribution in [0.3, 0.4) is 0 Å². The Bertz CT molecular complexity index is 998. The summed E-state index contributed by atoms with van der Waals surface area (Å²) in [5, 5.41) is 0. The van der Waals surface area contributed by atoms with Gasteiger partial charge < -0.3 is 19.6 Å². The highest BCUT2D eigenvalue weighted by Crippen LogP contribution is 2.36. The molecule has 0 saturated heterocycles. The third-order valence-electron chi connectivity index (χ3n) is 5.03. The van der Waals surface area contributed by atoms with E-state index >= 15 is 0 Å². The van der Waals surface area contributed by atoms with Crippen LogP contribution < -0.4 is 5.73 Å². The van der Waals surface area contributed by atoms with Crippen molar-refractivity contribution in [2.75, 3.05) is 19.8 Å². The highest BCUT2D eigenvalue weighted by atomic mass is 16.6. The van der Waals surface area contributed by atoms with Gasteiger partial charge in [0.05, 0.1) is 0 Å². The van der Waals surface area contributed by atoms with Crippen molar-refractivity contribution in [3.63, 3.8) is 0 Å². The molecule has 0 unspecified atom stereocenters. The van der Waals surface area contributed by atoms with Crippen LogP contribution in [0, 0.1) is 0 Å². The molecule has 1 aliphatic rings. The standard InChI is InChI=1S/C24H25NO7/c1-15-16-7-4-5-8-17(16)23(29)24-18(15)13-20(32-24)19(26)14-22(28)31-12-11-30-21(27)9-3-2-6-10-25/h4-5,7-8,13H,1-3,6,9-12,14,25H2. The van der Waals surface area contributed by atoms with Gasteiger partial charge >= 0.3 is 11.9 Å². The van der Waals surface area contributed by atoms with Crippen molar-refractivity contribution in [1.82, 2.24) is 0 Å². The summed E-state index contributed by atoms with van der Waals surface area (Å²) in [5.41, 5.74) is 7.52. The number of carbonyl (C=O) groups excluding carboxylic acids is 4. The quantitative estimate of drug-likeness (QED) is 0.209. The fourth-order valence-corrected chi connectivity index (χ4v) is 3.38. The van der Waals surface area contributed by atoms with Gasteiger partial charge in [0.15, 0.2) is 11.5 Å². The van der Waals surface area contributed by atoms with E-state index in [-0.39, 0.29) is 42.9 Å². The molecule has 2 aromatic rings. The van der Waals surface area contributed by atoms with Crippen LogP contribution in [0.15, 0.2) is 41.3 Å². The Morgan fingerprint density at radius 2 is 1.62 bits per heavy atom. The molecule has 1 aromatic heterocycles. The van der Waals surface area contributed by atoms with Crippen LogP contribution >= 0.6 is 0 Å². The van der Waals surface area contributed by atoms with Crippen molar-refractivity contribution >= 4 is 29.1 Å². The molecule has 2 N–H and O–H groups in total. The second-order valence-corrected chi connectivity index (χ2v) is 7.35. The SMILES string of the molecule is C=C1c2ccccc2C(=O)c2oc(C(=O)CC(=O)OCCOC(=O)CCCCCN)cc21. The van der Waals surface area contributed by atoms with Crippen molar-refractivity contribution in [2.24, 2.45) is 5.73 Å². The van der Waals surface area contributed by atoms with Gasteiger partial charge in [-0.15, -0.1) is 0 Å². The lowest BCUT2D eigenvalue weighted by molar-refractivity contribution is -0.151. The summed E-state index contributed by atoms with van der Waals surface area (Å²) in [6.45, 7) is 4.34. The zero-order chi connectivity index (χ0) is 23.1. The number of ketones is 2. The van der Waals surface area contributed by atoms with E-state index in [1.165, 1.54) is 6.07 Å². The van der Waals surface area contributed by atoms with Crippen LogP contribution in [0.4, 0.5) is 0 Å². The molecule has 8 nitrogen and oxygen atoms in total. The molecule has 0 atom stereocenters. The van der Waals surface area contributed by atoms with Crippen molar-refractivity contribution in [1.29, 1.82) is 0 Å². The molecule has 3 rings (SSSR count). The van der Waals surface area contributed by atoms with Crippen LogP contribution in [0.2, 0.25) is 0 Å². The smallest absolute Gasteiger partial charge is 0.313 e. The van der Waals surface area contributed by atoms with Gasteiger partial charge in [0.1, 0.15) is 19.6 Å². The lowest BCUT2D eigenvalue weighted by Crippen LogP contribution is -2.16. The maximum Gasteiger partial charge on any atom is 0.313 e. The number of nitrogens with two attached hydrogens (primary N) is 1. The zero-order valence-electron chi connectivity index (χ0n) is 17.7. The lowest BCUT2D eigenvalue weighted by atomic mass is 9.86. The molecular weight excluding hydrogens is 414 g/mol. The summed E-state index contributed by atoms with van der Waals surface area (Å²) in [5.74, 6) is -2.19. The summed E-state index contributed by atoms with van der Waals surface area (Å²) in [4.78, 5) is 48.6.